The number of hydrogen-bond donors (Lipinski definition) is 5. The summed E-state index contributed by atoms with van der Waals surface area (Å²) in [5, 5.41) is 24.6. The third-order valence-corrected chi connectivity index (χ3v) is 10.1. The molecule has 0 aromatic rings. The van der Waals surface area contributed by atoms with Crippen LogP contribution in [0.4, 0.5) is 0 Å². The molecule has 5 rings (SSSR count). The summed E-state index contributed by atoms with van der Waals surface area (Å²) in [4.78, 5) is 17.9. The smallest absolute Gasteiger partial charge is 0.223 e. The molecule has 0 spiro atoms. The second kappa shape index (κ2) is 14.4. The number of ether oxygens (including phenoxy) is 2. The number of likely N-dealkylation sites (tertiary alicyclic amines) is 1. The van der Waals surface area contributed by atoms with Gasteiger partial charge < -0.3 is 24.8 Å². The molecule has 2 saturated carbocycles. The van der Waals surface area contributed by atoms with Gasteiger partial charge in [0.05, 0.1) is 44.0 Å². The highest BCUT2D eigenvalue weighted by molar-refractivity contribution is 5.78. The lowest BCUT2D eigenvalue weighted by Gasteiger charge is -2.44. The van der Waals surface area contributed by atoms with Crippen molar-refractivity contribution in [1.29, 1.82) is 0 Å². The SMILES string of the molecule is CCN(C)C1CC(C(=O)NC[C@H](O)CN2CCC3CC(OCC4CNCO4)CCC3C2)CC(NC2CCC2)N1. The van der Waals surface area contributed by atoms with Crippen molar-refractivity contribution in [2.24, 2.45) is 17.8 Å². The van der Waals surface area contributed by atoms with E-state index in [2.05, 4.69) is 45.0 Å². The molecule has 39 heavy (non-hydrogen) atoms. The molecule has 5 aliphatic rings. The van der Waals surface area contributed by atoms with Crippen molar-refractivity contribution in [3.8, 4) is 0 Å². The summed E-state index contributed by atoms with van der Waals surface area (Å²) in [6.45, 7) is 8.36. The first-order valence-electron chi connectivity index (χ1n) is 15.8. The lowest BCUT2D eigenvalue weighted by molar-refractivity contribution is -0.128. The standard InChI is InChI=1S/C29H54N6O4/c1-3-34(2)28-13-22(12-27(33-28)32-23-5-4-6-23)29(37)31-14-24(36)17-35-10-9-20-11-25(8-7-21(20)16-35)38-18-26-15-30-19-39-26/h20-28,30,32-33,36H,3-19H2,1-2H3,(H,31,37)/t20?,21?,22?,24-,25?,26?,27?,28?/m0/s1. The van der Waals surface area contributed by atoms with Crippen molar-refractivity contribution in [2.75, 3.05) is 59.7 Å². The normalized spacial score (nSPS) is 36.9. The van der Waals surface area contributed by atoms with Gasteiger partial charge in [-0.25, -0.2) is 0 Å². The van der Waals surface area contributed by atoms with Crippen LogP contribution in [0.25, 0.3) is 0 Å². The van der Waals surface area contributed by atoms with Gasteiger partial charge in [0.15, 0.2) is 0 Å². The third kappa shape index (κ3) is 8.35. The van der Waals surface area contributed by atoms with E-state index in [9.17, 15) is 9.90 Å². The Kier molecular flexibility index (Phi) is 10.9. The molecule has 5 fully saturated rings. The molecule has 10 heteroatoms. The molecule has 3 aliphatic heterocycles. The highest BCUT2D eigenvalue weighted by Crippen LogP contribution is 2.37. The summed E-state index contributed by atoms with van der Waals surface area (Å²) in [6.07, 6.45) is 10.4. The fourth-order valence-corrected chi connectivity index (χ4v) is 7.23. The zero-order valence-electron chi connectivity index (χ0n) is 24.3. The largest absolute Gasteiger partial charge is 0.390 e. The highest BCUT2D eigenvalue weighted by Gasteiger charge is 2.37. The van der Waals surface area contributed by atoms with Gasteiger partial charge in [0.1, 0.15) is 0 Å². The van der Waals surface area contributed by atoms with E-state index in [4.69, 9.17) is 9.47 Å². The predicted molar refractivity (Wildman–Crippen MR) is 151 cm³/mol. The number of amides is 1. The molecule has 0 bridgehead atoms. The maximum atomic E-state index is 13.2. The number of aliphatic hydroxyl groups excluding tert-OH is 1. The Bertz CT molecular complexity index is 766. The van der Waals surface area contributed by atoms with Gasteiger partial charge in [-0.1, -0.05) is 13.3 Å². The van der Waals surface area contributed by atoms with Gasteiger partial charge in [-0.05, 0) is 83.3 Å². The van der Waals surface area contributed by atoms with E-state index in [-0.39, 0.29) is 30.3 Å². The number of carbonyl (C=O) groups excluding carboxylic acids is 1. The fraction of sp³-hybridized carbons (Fsp3) is 0.966. The van der Waals surface area contributed by atoms with Crippen molar-refractivity contribution in [3.63, 3.8) is 0 Å². The molecule has 3 saturated heterocycles. The molecule has 1 amide bonds. The van der Waals surface area contributed by atoms with Gasteiger partial charge in [-0.2, -0.15) is 0 Å². The number of hydrogen-bond acceptors (Lipinski definition) is 9. The maximum absolute atomic E-state index is 13.2. The molecule has 7 unspecified atom stereocenters. The summed E-state index contributed by atoms with van der Waals surface area (Å²) in [5.41, 5.74) is 0. The third-order valence-electron chi connectivity index (χ3n) is 10.1. The van der Waals surface area contributed by atoms with Crippen molar-refractivity contribution in [2.45, 2.75) is 101 Å². The van der Waals surface area contributed by atoms with Crippen molar-refractivity contribution >= 4 is 5.91 Å². The lowest BCUT2D eigenvalue weighted by Crippen LogP contribution is -2.62. The van der Waals surface area contributed by atoms with Crippen LogP contribution in [0.15, 0.2) is 0 Å². The van der Waals surface area contributed by atoms with Crippen LogP contribution in [0, 0.1) is 17.8 Å². The van der Waals surface area contributed by atoms with Gasteiger partial charge in [0.25, 0.3) is 0 Å². The van der Waals surface area contributed by atoms with Gasteiger partial charge >= 0.3 is 0 Å². The molecule has 0 aromatic carbocycles. The van der Waals surface area contributed by atoms with E-state index in [1.54, 1.807) is 0 Å². The number of piperidine rings is 2. The molecule has 8 atom stereocenters. The Labute approximate surface area is 235 Å². The average molecular weight is 551 g/mol. The van der Waals surface area contributed by atoms with E-state index >= 15 is 0 Å². The second-order valence-corrected chi connectivity index (χ2v) is 12.9. The second-order valence-electron chi connectivity index (χ2n) is 12.9. The predicted octanol–water partition coefficient (Wildman–Crippen LogP) is 0.662. The molecule has 5 N–H and O–H groups in total. The summed E-state index contributed by atoms with van der Waals surface area (Å²) in [7, 11) is 2.12. The molecule has 10 nitrogen and oxygen atoms in total. The van der Waals surface area contributed by atoms with Crippen LogP contribution in [-0.2, 0) is 14.3 Å². The van der Waals surface area contributed by atoms with Crippen LogP contribution >= 0.6 is 0 Å². The molecule has 0 radical (unpaired) electrons. The molecular formula is C29H54N6O4. The van der Waals surface area contributed by atoms with Crippen LogP contribution in [0.2, 0.25) is 0 Å². The average Bonchev–Trinajstić information content (AvgIpc) is 3.45. The Morgan fingerprint density at radius 3 is 2.79 bits per heavy atom. The molecule has 3 heterocycles. The summed E-state index contributed by atoms with van der Waals surface area (Å²) >= 11 is 0. The molecular weight excluding hydrogens is 496 g/mol. The van der Waals surface area contributed by atoms with Gasteiger partial charge in [-0.3, -0.25) is 25.6 Å². The Hall–Kier alpha value is -0.850. The van der Waals surface area contributed by atoms with Gasteiger partial charge in [-0.15, -0.1) is 0 Å². The number of carbonyl (C=O) groups is 1. The summed E-state index contributed by atoms with van der Waals surface area (Å²) in [6, 6.07) is 0.578. The van der Waals surface area contributed by atoms with E-state index in [1.807, 2.05) is 0 Å². The summed E-state index contributed by atoms with van der Waals surface area (Å²) in [5.74, 6) is 1.45. The minimum Gasteiger partial charge on any atom is -0.390 e. The number of fused-ring (bicyclic) bond motifs is 1. The minimum absolute atomic E-state index is 0.0420. The number of nitrogens with zero attached hydrogens (tertiary/aromatic N) is 2. The van der Waals surface area contributed by atoms with Gasteiger partial charge in [0.2, 0.25) is 5.91 Å². The van der Waals surface area contributed by atoms with Crippen molar-refractivity contribution in [1.82, 2.24) is 31.1 Å². The topological polar surface area (TPSA) is 110 Å². The minimum atomic E-state index is -0.537. The monoisotopic (exact) mass is 550 g/mol. The Morgan fingerprint density at radius 2 is 2.05 bits per heavy atom. The van der Waals surface area contributed by atoms with Crippen LogP contribution in [-0.4, -0.2) is 117 Å². The zero-order chi connectivity index (χ0) is 27.2. The number of aliphatic hydroxyl groups is 1. The van der Waals surface area contributed by atoms with E-state index in [0.717, 1.165) is 57.8 Å². The van der Waals surface area contributed by atoms with Gasteiger partial charge in [0, 0.05) is 38.1 Å². The highest BCUT2D eigenvalue weighted by atomic mass is 16.5. The zero-order valence-corrected chi connectivity index (χ0v) is 24.3. The number of β-amino-alcohol motifs (C(OH)–C–C–N with tert-alkyl or cyclic N) is 1. The van der Waals surface area contributed by atoms with E-state index in [1.165, 1.54) is 32.1 Å². The first kappa shape index (κ1) is 29.6. The lowest BCUT2D eigenvalue weighted by atomic mass is 9.74. The maximum Gasteiger partial charge on any atom is 0.223 e. The number of nitrogens with one attached hydrogen (secondary N) is 4. The Morgan fingerprint density at radius 1 is 1.18 bits per heavy atom. The molecule has 2 aliphatic carbocycles. The van der Waals surface area contributed by atoms with Crippen LogP contribution in [0.3, 0.4) is 0 Å². The van der Waals surface area contributed by atoms with Crippen LogP contribution in [0.1, 0.15) is 64.7 Å². The molecule has 0 aromatic heterocycles. The van der Waals surface area contributed by atoms with Crippen LogP contribution in [0.5, 0.6) is 0 Å². The fourth-order valence-electron chi connectivity index (χ4n) is 7.23. The summed E-state index contributed by atoms with van der Waals surface area (Å²) < 4.78 is 11.8. The van der Waals surface area contributed by atoms with E-state index < -0.39 is 6.10 Å². The quantitative estimate of drug-likeness (QED) is 0.239. The van der Waals surface area contributed by atoms with E-state index in [0.29, 0.717) is 44.5 Å². The van der Waals surface area contributed by atoms with Crippen molar-refractivity contribution in [3.05, 3.63) is 0 Å². The first-order chi connectivity index (χ1) is 19.0. The van der Waals surface area contributed by atoms with Crippen molar-refractivity contribution < 1.29 is 19.4 Å². The first-order valence-corrected chi connectivity index (χ1v) is 15.8. The van der Waals surface area contributed by atoms with Crippen LogP contribution < -0.4 is 21.3 Å². The Balaban J connectivity index is 1.01. The molecule has 224 valence electrons. The number of rotatable bonds is 12.